The van der Waals surface area contributed by atoms with Gasteiger partial charge in [-0.1, -0.05) is 50.2 Å². The van der Waals surface area contributed by atoms with Crippen LogP contribution in [0.25, 0.3) is 11.3 Å². The molecule has 3 heterocycles. The number of hydrogen-bond acceptors (Lipinski definition) is 5. The van der Waals surface area contributed by atoms with Gasteiger partial charge < -0.3 is 9.80 Å². The molecule has 3 aromatic rings. The van der Waals surface area contributed by atoms with Crippen LogP contribution in [-0.4, -0.2) is 70.6 Å². The summed E-state index contributed by atoms with van der Waals surface area (Å²) in [5.74, 6) is 0.994. The molecule has 2 amide bonds. The third kappa shape index (κ3) is 5.63. The van der Waals surface area contributed by atoms with E-state index in [-0.39, 0.29) is 11.9 Å². The van der Waals surface area contributed by atoms with E-state index in [4.69, 9.17) is 16.6 Å². The topological polar surface area (TPSA) is 82.0 Å². The Morgan fingerprint density at radius 1 is 1.20 bits per heavy atom. The Bertz CT molecular complexity index is 1400. The van der Waals surface area contributed by atoms with E-state index >= 15 is 0 Å². The number of rotatable bonds is 8. The summed E-state index contributed by atoms with van der Waals surface area (Å²) >= 11 is 6.87. The maximum atomic E-state index is 13.0. The van der Waals surface area contributed by atoms with Gasteiger partial charge in [0.1, 0.15) is 5.84 Å². The van der Waals surface area contributed by atoms with Gasteiger partial charge in [-0.3, -0.25) is 24.5 Å². The summed E-state index contributed by atoms with van der Waals surface area (Å²) in [6, 6.07) is 11.6. The molecule has 0 N–H and O–H groups in total. The van der Waals surface area contributed by atoms with Crippen molar-refractivity contribution in [3.63, 3.8) is 0 Å². The van der Waals surface area contributed by atoms with Crippen LogP contribution in [0.15, 0.2) is 66.4 Å². The van der Waals surface area contributed by atoms with E-state index in [0.717, 1.165) is 41.6 Å². The minimum atomic E-state index is -0.0943. The molecule has 0 aliphatic carbocycles. The minimum Gasteiger partial charge on any atom is -0.350 e. The number of pyridine rings is 2. The first kappa shape index (κ1) is 29.0. The molecule has 0 bridgehead atoms. The van der Waals surface area contributed by atoms with Crippen LogP contribution in [0.5, 0.6) is 0 Å². The van der Waals surface area contributed by atoms with Crippen molar-refractivity contribution in [1.82, 2.24) is 19.8 Å². The molecule has 1 unspecified atom stereocenters. The monoisotopic (exact) mass is 558 g/mol. The molecule has 208 valence electrons. The third-order valence-electron chi connectivity index (χ3n) is 7.27. The molecule has 2 aromatic heterocycles. The van der Waals surface area contributed by atoms with E-state index in [1.165, 1.54) is 6.08 Å². The van der Waals surface area contributed by atoms with Gasteiger partial charge in [-0.15, -0.1) is 0 Å². The Balaban J connectivity index is 1.92. The summed E-state index contributed by atoms with van der Waals surface area (Å²) in [6.45, 7) is 11.4. The van der Waals surface area contributed by atoms with Crippen LogP contribution in [0.3, 0.4) is 0 Å². The lowest BCUT2D eigenvalue weighted by Crippen LogP contribution is -2.55. The van der Waals surface area contributed by atoms with Gasteiger partial charge in [0.15, 0.2) is 5.82 Å². The van der Waals surface area contributed by atoms with Crippen molar-refractivity contribution >= 4 is 41.3 Å². The molecule has 1 saturated heterocycles. The molecular weight excluding hydrogens is 524 g/mol. The van der Waals surface area contributed by atoms with E-state index in [1.54, 1.807) is 29.2 Å². The van der Waals surface area contributed by atoms with Crippen LogP contribution in [0.4, 0.5) is 11.5 Å². The van der Waals surface area contributed by atoms with Gasteiger partial charge in [0.2, 0.25) is 12.3 Å². The van der Waals surface area contributed by atoms with Crippen molar-refractivity contribution in [3.05, 3.63) is 83.2 Å². The van der Waals surface area contributed by atoms with E-state index in [2.05, 4.69) is 35.3 Å². The standard InChI is InChI=1S/C31H35ClN6O2/c1-6-22-11-9-12-23(7-2)29(22)38(20-39)31-25(17-26(32)28(35-31)24-13-10-14-34-18-24)30(33-5)37-16-15-36(19-21(37)4)27(40)8-3/h8-14,17-18,20-21H,3,6-7,15-16,19H2,1-2,4-5H3/b33-30+. The average Bonchev–Trinajstić information content (AvgIpc) is 2.99. The molecule has 1 aliphatic rings. The van der Waals surface area contributed by atoms with E-state index in [0.29, 0.717) is 47.6 Å². The molecule has 4 rings (SSSR count). The van der Waals surface area contributed by atoms with Crippen molar-refractivity contribution in [2.24, 2.45) is 4.99 Å². The summed E-state index contributed by atoms with van der Waals surface area (Å²) in [6.07, 6.45) is 7.04. The number of benzene rings is 1. The number of carbonyl (C=O) groups is 2. The highest BCUT2D eigenvalue weighted by molar-refractivity contribution is 6.33. The number of anilines is 2. The van der Waals surface area contributed by atoms with Gasteiger partial charge in [-0.25, -0.2) is 4.98 Å². The summed E-state index contributed by atoms with van der Waals surface area (Å²) in [4.78, 5) is 44.7. The van der Waals surface area contributed by atoms with E-state index in [9.17, 15) is 9.59 Å². The SMILES string of the molecule is C=CC(=O)N1CCN(/C(=N/C)c2cc(Cl)c(-c3cccnc3)nc2N(C=O)c2c(CC)cccc2CC)C(C)C1. The molecule has 40 heavy (non-hydrogen) atoms. The number of nitrogens with zero attached hydrogens (tertiary/aromatic N) is 6. The number of amidine groups is 1. The third-order valence-corrected chi connectivity index (χ3v) is 7.56. The van der Waals surface area contributed by atoms with Gasteiger partial charge in [0.05, 0.1) is 22.0 Å². The van der Waals surface area contributed by atoms with Crippen LogP contribution in [0.1, 0.15) is 37.5 Å². The Morgan fingerprint density at radius 2 is 1.93 bits per heavy atom. The van der Waals surface area contributed by atoms with Gasteiger partial charge in [0, 0.05) is 50.7 Å². The Morgan fingerprint density at radius 3 is 2.48 bits per heavy atom. The molecule has 0 spiro atoms. The fourth-order valence-electron chi connectivity index (χ4n) is 5.27. The normalized spacial score (nSPS) is 15.6. The average molecular weight is 559 g/mol. The second-order valence-corrected chi connectivity index (χ2v) is 10.0. The van der Waals surface area contributed by atoms with Gasteiger partial charge in [-0.2, -0.15) is 0 Å². The first-order valence-electron chi connectivity index (χ1n) is 13.5. The second kappa shape index (κ2) is 12.9. The first-order chi connectivity index (χ1) is 19.4. The molecule has 0 radical (unpaired) electrons. The number of piperazine rings is 1. The number of para-hydroxylation sites is 1. The fourth-order valence-corrected chi connectivity index (χ4v) is 5.53. The number of aryl methyl sites for hydroxylation is 2. The largest absolute Gasteiger partial charge is 0.350 e. The predicted octanol–water partition coefficient (Wildman–Crippen LogP) is 5.31. The summed E-state index contributed by atoms with van der Waals surface area (Å²) in [7, 11) is 1.72. The first-order valence-corrected chi connectivity index (χ1v) is 13.9. The van der Waals surface area contributed by atoms with E-state index in [1.807, 2.05) is 43.3 Å². The number of hydrogen-bond donors (Lipinski definition) is 0. The highest BCUT2D eigenvalue weighted by Gasteiger charge is 2.32. The number of aliphatic imine (C=N–C) groups is 1. The highest BCUT2D eigenvalue weighted by atomic mass is 35.5. The van der Waals surface area contributed by atoms with Crippen LogP contribution in [0.2, 0.25) is 5.02 Å². The lowest BCUT2D eigenvalue weighted by atomic mass is 10.0. The molecule has 1 fully saturated rings. The van der Waals surface area contributed by atoms with Crippen LogP contribution < -0.4 is 4.90 Å². The van der Waals surface area contributed by atoms with Crippen molar-refractivity contribution in [3.8, 4) is 11.3 Å². The van der Waals surface area contributed by atoms with Crippen molar-refractivity contribution < 1.29 is 9.59 Å². The maximum absolute atomic E-state index is 13.0. The van der Waals surface area contributed by atoms with Gasteiger partial charge >= 0.3 is 0 Å². The van der Waals surface area contributed by atoms with Crippen molar-refractivity contribution in [2.45, 2.75) is 39.7 Å². The van der Waals surface area contributed by atoms with Crippen molar-refractivity contribution in [2.75, 3.05) is 31.6 Å². The molecule has 8 nitrogen and oxygen atoms in total. The molecule has 1 atom stereocenters. The Labute approximate surface area is 241 Å². The molecule has 9 heteroatoms. The second-order valence-electron chi connectivity index (χ2n) is 9.62. The fraction of sp³-hybridized carbons (Fsp3) is 0.323. The smallest absolute Gasteiger partial charge is 0.246 e. The molecule has 1 aliphatic heterocycles. The summed E-state index contributed by atoms with van der Waals surface area (Å²) in [5, 5.41) is 0.423. The zero-order valence-corrected chi connectivity index (χ0v) is 24.2. The van der Waals surface area contributed by atoms with Gasteiger partial charge in [-0.05, 0) is 55.2 Å². The summed E-state index contributed by atoms with van der Waals surface area (Å²) < 4.78 is 0. The van der Waals surface area contributed by atoms with Crippen LogP contribution >= 0.6 is 11.6 Å². The van der Waals surface area contributed by atoms with Crippen LogP contribution in [-0.2, 0) is 22.4 Å². The lowest BCUT2D eigenvalue weighted by Gasteiger charge is -2.41. The minimum absolute atomic E-state index is 0.0419. The molecule has 1 aromatic carbocycles. The number of halogens is 1. The van der Waals surface area contributed by atoms with Gasteiger partial charge in [0.25, 0.3) is 0 Å². The summed E-state index contributed by atoms with van der Waals surface area (Å²) in [5.41, 5.74) is 4.80. The van der Waals surface area contributed by atoms with E-state index < -0.39 is 0 Å². The number of amides is 2. The molecule has 0 saturated carbocycles. The maximum Gasteiger partial charge on any atom is 0.246 e. The predicted molar refractivity (Wildman–Crippen MR) is 161 cm³/mol. The Kier molecular flexibility index (Phi) is 9.32. The van der Waals surface area contributed by atoms with Crippen LogP contribution in [0, 0.1) is 0 Å². The zero-order chi connectivity index (χ0) is 28.8. The zero-order valence-electron chi connectivity index (χ0n) is 23.5. The lowest BCUT2D eigenvalue weighted by molar-refractivity contribution is -0.128. The quantitative estimate of drug-likeness (QED) is 0.162. The molecular formula is C31H35ClN6O2. The van der Waals surface area contributed by atoms with Crippen molar-refractivity contribution in [1.29, 1.82) is 0 Å². The highest BCUT2D eigenvalue weighted by Crippen LogP contribution is 2.38. The number of carbonyl (C=O) groups excluding carboxylic acids is 2. The number of aromatic nitrogens is 2. The Hall–Kier alpha value is -4.04.